The normalized spacial score (nSPS) is 18.6. The molecule has 0 aliphatic carbocycles. The van der Waals surface area contributed by atoms with Gasteiger partial charge in [-0.05, 0) is 30.5 Å². The van der Waals surface area contributed by atoms with Crippen molar-refractivity contribution < 1.29 is 13.2 Å². The number of nitrogens with one attached hydrogen (secondary N) is 1. The van der Waals surface area contributed by atoms with E-state index in [9.17, 15) is 13.2 Å². The van der Waals surface area contributed by atoms with E-state index in [0.717, 1.165) is 18.4 Å². The molecule has 1 fully saturated rings. The Kier molecular flexibility index (Phi) is 5.50. The Morgan fingerprint density at radius 1 is 1.00 bits per heavy atom. The smallest absolute Gasteiger partial charge is 0.243 e. The number of carbonyl (C=O) groups is 1. The van der Waals surface area contributed by atoms with Gasteiger partial charge in [0.1, 0.15) is 6.04 Å². The average Bonchev–Trinajstić information content (AvgIpc) is 2.67. The van der Waals surface area contributed by atoms with Crippen molar-refractivity contribution in [3.8, 4) is 0 Å². The fourth-order valence-corrected chi connectivity index (χ4v) is 4.76. The van der Waals surface area contributed by atoms with E-state index in [1.165, 1.54) is 4.31 Å². The van der Waals surface area contributed by atoms with Crippen LogP contribution in [0.1, 0.15) is 24.8 Å². The minimum absolute atomic E-state index is 0.233. The quantitative estimate of drug-likeness (QED) is 0.893. The van der Waals surface area contributed by atoms with Crippen LogP contribution in [0.4, 0.5) is 0 Å². The van der Waals surface area contributed by atoms with Crippen LogP contribution < -0.4 is 5.32 Å². The summed E-state index contributed by atoms with van der Waals surface area (Å²) in [6.07, 6.45) is 2.17. The number of piperidine rings is 1. The third-order valence-corrected chi connectivity index (χ3v) is 6.34. The van der Waals surface area contributed by atoms with Gasteiger partial charge in [0.05, 0.1) is 4.90 Å². The SMILES string of the molecule is O=C(NCc1ccccc1)[C@H]1CCCCN1S(=O)(=O)c1ccccc1. The predicted octanol–water partition coefficient (Wildman–Crippen LogP) is 2.55. The number of benzene rings is 2. The highest BCUT2D eigenvalue weighted by molar-refractivity contribution is 7.89. The minimum Gasteiger partial charge on any atom is -0.351 e. The maximum absolute atomic E-state index is 12.9. The summed E-state index contributed by atoms with van der Waals surface area (Å²) < 4.78 is 27.2. The van der Waals surface area contributed by atoms with E-state index in [-0.39, 0.29) is 10.8 Å². The van der Waals surface area contributed by atoms with Crippen molar-refractivity contribution in [2.24, 2.45) is 0 Å². The first-order chi connectivity index (χ1) is 12.1. The van der Waals surface area contributed by atoms with Gasteiger partial charge in [0.15, 0.2) is 0 Å². The van der Waals surface area contributed by atoms with Crippen molar-refractivity contribution in [3.63, 3.8) is 0 Å². The van der Waals surface area contributed by atoms with Crippen LogP contribution in [0.5, 0.6) is 0 Å². The molecule has 2 aromatic rings. The molecule has 0 aromatic heterocycles. The summed E-state index contributed by atoms with van der Waals surface area (Å²) >= 11 is 0. The molecule has 1 aliphatic heterocycles. The highest BCUT2D eigenvalue weighted by Crippen LogP contribution is 2.25. The minimum atomic E-state index is -3.67. The number of hydrogen-bond acceptors (Lipinski definition) is 3. The van der Waals surface area contributed by atoms with Gasteiger partial charge < -0.3 is 5.32 Å². The number of nitrogens with zero attached hydrogens (tertiary/aromatic N) is 1. The van der Waals surface area contributed by atoms with Crippen LogP contribution in [0.3, 0.4) is 0 Å². The van der Waals surface area contributed by atoms with Crippen molar-refractivity contribution in [2.75, 3.05) is 6.54 Å². The van der Waals surface area contributed by atoms with Crippen LogP contribution in [-0.4, -0.2) is 31.2 Å². The number of amides is 1. The van der Waals surface area contributed by atoms with Gasteiger partial charge in [-0.2, -0.15) is 4.31 Å². The second kappa shape index (κ2) is 7.80. The molecule has 1 heterocycles. The molecule has 25 heavy (non-hydrogen) atoms. The molecule has 6 heteroatoms. The molecule has 5 nitrogen and oxygen atoms in total. The summed E-state index contributed by atoms with van der Waals surface area (Å²) in [7, 11) is -3.67. The van der Waals surface area contributed by atoms with Gasteiger partial charge in [0.2, 0.25) is 15.9 Å². The summed E-state index contributed by atoms with van der Waals surface area (Å²) in [5.41, 5.74) is 0.990. The van der Waals surface area contributed by atoms with Crippen LogP contribution in [-0.2, 0) is 21.4 Å². The lowest BCUT2D eigenvalue weighted by atomic mass is 10.0. The molecule has 1 saturated heterocycles. The maximum atomic E-state index is 12.9. The average molecular weight is 358 g/mol. The summed E-state index contributed by atoms with van der Waals surface area (Å²) in [4.78, 5) is 12.9. The molecular weight excluding hydrogens is 336 g/mol. The second-order valence-corrected chi connectivity index (χ2v) is 8.03. The third kappa shape index (κ3) is 4.08. The Balaban J connectivity index is 1.75. The zero-order chi connectivity index (χ0) is 17.7. The van der Waals surface area contributed by atoms with E-state index in [2.05, 4.69) is 5.32 Å². The van der Waals surface area contributed by atoms with Crippen molar-refractivity contribution in [1.29, 1.82) is 0 Å². The molecule has 2 aromatic carbocycles. The molecule has 132 valence electrons. The third-order valence-electron chi connectivity index (χ3n) is 4.42. The van der Waals surface area contributed by atoms with Gasteiger partial charge in [-0.25, -0.2) is 8.42 Å². The lowest BCUT2D eigenvalue weighted by Crippen LogP contribution is -2.51. The van der Waals surface area contributed by atoms with E-state index >= 15 is 0 Å². The van der Waals surface area contributed by atoms with Gasteiger partial charge in [-0.3, -0.25) is 4.79 Å². The molecule has 0 spiro atoms. The molecule has 1 amide bonds. The fraction of sp³-hybridized carbons (Fsp3) is 0.316. The summed E-state index contributed by atoms with van der Waals surface area (Å²) in [5.74, 6) is -0.233. The number of hydrogen-bond donors (Lipinski definition) is 1. The van der Waals surface area contributed by atoms with E-state index in [1.807, 2.05) is 30.3 Å². The maximum Gasteiger partial charge on any atom is 0.243 e. The van der Waals surface area contributed by atoms with Crippen LogP contribution in [0, 0.1) is 0 Å². The van der Waals surface area contributed by atoms with Gasteiger partial charge in [0.25, 0.3) is 0 Å². The van der Waals surface area contributed by atoms with E-state index in [0.29, 0.717) is 19.5 Å². The first-order valence-corrected chi connectivity index (χ1v) is 9.91. The standard InChI is InChI=1S/C19H22N2O3S/c22-19(20-15-16-9-3-1-4-10-16)18-13-7-8-14-21(18)25(23,24)17-11-5-2-6-12-17/h1-6,9-12,18H,7-8,13-15H2,(H,20,22)/t18-/m1/s1. The molecule has 0 unspecified atom stereocenters. The van der Waals surface area contributed by atoms with E-state index < -0.39 is 16.1 Å². The highest BCUT2D eigenvalue weighted by atomic mass is 32.2. The topological polar surface area (TPSA) is 66.5 Å². The first kappa shape index (κ1) is 17.6. The summed E-state index contributed by atoms with van der Waals surface area (Å²) in [5, 5.41) is 2.88. The van der Waals surface area contributed by atoms with Crippen LogP contribution >= 0.6 is 0 Å². The largest absolute Gasteiger partial charge is 0.351 e. The van der Waals surface area contributed by atoms with E-state index in [1.54, 1.807) is 30.3 Å². The van der Waals surface area contributed by atoms with Crippen molar-refractivity contribution in [3.05, 3.63) is 66.2 Å². The number of sulfonamides is 1. The van der Waals surface area contributed by atoms with Crippen molar-refractivity contribution in [1.82, 2.24) is 9.62 Å². The van der Waals surface area contributed by atoms with Gasteiger partial charge in [0, 0.05) is 13.1 Å². The monoisotopic (exact) mass is 358 g/mol. The lowest BCUT2D eigenvalue weighted by molar-refractivity contribution is -0.125. The highest BCUT2D eigenvalue weighted by Gasteiger charge is 2.37. The fourth-order valence-electron chi connectivity index (χ4n) is 3.09. The van der Waals surface area contributed by atoms with Gasteiger partial charge in [-0.15, -0.1) is 0 Å². The Labute approximate surface area is 148 Å². The Morgan fingerprint density at radius 3 is 2.32 bits per heavy atom. The van der Waals surface area contributed by atoms with Crippen LogP contribution in [0.25, 0.3) is 0 Å². The van der Waals surface area contributed by atoms with Gasteiger partial charge in [-0.1, -0.05) is 55.0 Å². The molecule has 1 atom stereocenters. The van der Waals surface area contributed by atoms with Gasteiger partial charge >= 0.3 is 0 Å². The Bertz CT molecular complexity index is 807. The van der Waals surface area contributed by atoms with Crippen molar-refractivity contribution >= 4 is 15.9 Å². The zero-order valence-corrected chi connectivity index (χ0v) is 14.8. The Hall–Kier alpha value is -2.18. The molecule has 1 aliphatic rings. The predicted molar refractivity (Wildman–Crippen MR) is 96.3 cm³/mol. The Morgan fingerprint density at radius 2 is 1.64 bits per heavy atom. The first-order valence-electron chi connectivity index (χ1n) is 8.47. The lowest BCUT2D eigenvalue weighted by Gasteiger charge is -2.33. The molecule has 0 radical (unpaired) electrons. The number of carbonyl (C=O) groups excluding carboxylic acids is 1. The molecular formula is C19H22N2O3S. The molecule has 0 bridgehead atoms. The zero-order valence-electron chi connectivity index (χ0n) is 14.0. The molecule has 0 saturated carbocycles. The molecule has 1 N–H and O–H groups in total. The summed E-state index contributed by atoms with van der Waals surface area (Å²) in [6.45, 7) is 0.774. The second-order valence-electron chi connectivity index (χ2n) is 6.14. The molecule has 3 rings (SSSR count). The van der Waals surface area contributed by atoms with E-state index in [4.69, 9.17) is 0 Å². The van der Waals surface area contributed by atoms with Crippen LogP contribution in [0.15, 0.2) is 65.6 Å². The van der Waals surface area contributed by atoms with Crippen molar-refractivity contribution in [2.45, 2.75) is 36.7 Å². The van der Waals surface area contributed by atoms with Crippen LogP contribution in [0.2, 0.25) is 0 Å². The number of rotatable bonds is 5. The summed E-state index contributed by atoms with van der Waals surface area (Å²) in [6, 6.07) is 17.3.